The molecule has 0 amide bonds. The molecule has 0 atom stereocenters. The van der Waals surface area contributed by atoms with Crippen LogP contribution in [0, 0.1) is 6.92 Å². The maximum atomic E-state index is 12.5. The number of aromatic nitrogens is 2. The molecule has 2 rings (SSSR count). The van der Waals surface area contributed by atoms with Gasteiger partial charge in [0.2, 0.25) is 0 Å². The van der Waals surface area contributed by atoms with Gasteiger partial charge in [0.1, 0.15) is 12.4 Å². The van der Waals surface area contributed by atoms with Crippen LogP contribution in [0.4, 0.5) is 18.9 Å². The van der Waals surface area contributed by atoms with E-state index in [0.717, 1.165) is 29.9 Å². The normalized spacial score (nSPS) is 11.7. The third kappa shape index (κ3) is 3.48. The highest BCUT2D eigenvalue weighted by molar-refractivity contribution is 5.54. The molecule has 0 saturated heterocycles. The van der Waals surface area contributed by atoms with Gasteiger partial charge in [0.15, 0.2) is 0 Å². The van der Waals surface area contributed by atoms with Gasteiger partial charge in [0, 0.05) is 18.3 Å². The highest BCUT2D eigenvalue weighted by Gasteiger charge is 2.30. The molecule has 0 bridgehead atoms. The molecule has 2 N–H and O–H groups in total. The fourth-order valence-corrected chi connectivity index (χ4v) is 1.87. The molecule has 0 fully saturated rings. The van der Waals surface area contributed by atoms with Crippen molar-refractivity contribution >= 4 is 5.69 Å². The molecule has 0 spiro atoms. The summed E-state index contributed by atoms with van der Waals surface area (Å²) in [7, 11) is 0. The first-order chi connectivity index (χ1) is 9.81. The van der Waals surface area contributed by atoms with E-state index in [9.17, 15) is 13.2 Å². The van der Waals surface area contributed by atoms with Crippen LogP contribution >= 0.6 is 0 Å². The smallest absolute Gasteiger partial charge is 0.416 e. The maximum Gasteiger partial charge on any atom is 0.416 e. The molecule has 4 nitrogen and oxygen atoms in total. The summed E-state index contributed by atoms with van der Waals surface area (Å²) < 4.78 is 44.9. The van der Waals surface area contributed by atoms with Gasteiger partial charge in [-0.1, -0.05) is 0 Å². The number of nitrogen functional groups attached to an aromatic ring is 1. The summed E-state index contributed by atoms with van der Waals surface area (Å²) in [6, 6.07) is 3.06. The van der Waals surface area contributed by atoms with E-state index in [0.29, 0.717) is 0 Å². The topological polar surface area (TPSA) is 53.1 Å². The van der Waals surface area contributed by atoms with Crippen molar-refractivity contribution in [3.05, 3.63) is 41.2 Å². The van der Waals surface area contributed by atoms with Crippen LogP contribution in [0.5, 0.6) is 5.75 Å². The lowest BCUT2D eigenvalue weighted by molar-refractivity contribution is -0.137. The average molecular weight is 299 g/mol. The maximum absolute atomic E-state index is 12.5. The van der Waals surface area contributed by atoms with E-state index < -0.39 is 11.7 Å². The van der Waals surface area contributed by atoms with Crippen LogP contribution in [0.3, 0.4) is 0 Å². The molecule has 114 valence electrons. The van der Waals surface area contributed by atoms with E-state index in [1.807, 2.05) is 20.0 Å². The number of ether oxygens (including phenoxy) is 1. The third-order valence-corrected chi connectivity index (χ3v) is 3.09. The monoisotopic (exact) mass is 299 g/mol. The second-order valence-corrected chi connectivity index (χ2v) is 4.63. The molecule has 0 saturated carbocycles. The number of hydrogen-bond donors (Lipinski definition) is 1. The summed E-state index contributed by atoms with van der Waals surface area (Å²) in [5, 5.41) is 4.27. The summed E-state index contributed by atoms with van der Waals surface area (Å²) >= 11 is 0. The lowest BCUT2D eigenvalue weighted by Gasteiger charge is -2.11. The Hall–Kier alpha value is -2.18. The quantitative estimate of drug-likeness (QED) is 0.880. The van der Waals surface area contributed by atoms with Crippen LogP contribution in [0.2, 0.25) is 0 Å². The molecule has 1 aromatic carbocycles. The minimum Gasteiger partial charge on any atom is -0.487 e. The minimum atomic E-state index is -4.41. The van der Waals surface area contributed by atoms with Gasteiger partial charge in [-0.05, 0) is 32.0 Å². The van der Waals surface area contributed by atoms with Crippen LogP contribution < -0.4 is 10.5 Å². The van der Waals surface area contributed by atoms with Gasteiger partial charge in [-0.25, -0.2) is 0 Å². The number of benzene rings is 1. The number of hydrogen-bond acceptors (Lipinski definition) is 3. The molecule has 0 aliphatic carbocycles. The first-order valence-electron chi connectivity index (χ1n) is 6.43. The Labute approximate surface area is 120 Å². The molecule has 1 heterocycles. The Morgan fingerprint density at radius 2 is 2.05 bits per heavy atom. The van der Waals surface area contributed by atoms with Crippen LogP contribution in [-0.4, -0.2) is 9.78 Å². The van der Waals surface area contributed by atoms with Gasteiger partial charge in [-0.2, -0.15) is 18.3 Å². The Kier molecular flexibility index (Phi) is 4.11. The van der Waals surface area contributed by atoms with Crippen LogP contribution in [0.25, 0.3) is 0 Å². The van der Waals surface area contributed by atoms with Crippen molar-refractivity contribution in [1.29, 1.82) is 0 Å². The molecule has 2 aromatic rings. The van der Waals surface area contributed by atoms with E-state index in [-0.39, 0.29) is 18.0 Å². The van der Waals surface area contributed by atoms with Gasteiger partial charge in [0.05, 0.1) is 16.9 Å². The fraction of sp³-hybridized carbons (Fsp3) is 0.357. The van der Waals surface area contributed by atoms with Crippen LogP contribution in [0.15, 0.2) is 24.4 Å². The van der Waals surface area contributed by atoms with Crippen molar-refractivity contribution in [1.82, 2.24) is 9.78 Å². The largest absolute Gasteiger partial charge is 0.487 e. The molecule has 0 aliphatic rings. The number of rotatable bonds is 4. The minimum absolute atomic E-state index is 0.0367. The Morgan fingerprint density at radius 1 is 1.33 bits per heavy atom. The second-order valence-electron chi connectivity index (χ2n) is 4.63. The zero-order chi connectivity index (χ0) is 15.6. The van der Waals surface area contributed by atoms with E-state index >= 15 is 0 Å². The summed E-state index contributed by atoms with van der Waals surface area (Å²) in [6.45, 7) is 4.76. The van der Waals surface area contributed by atoms with Gasteiger partial charge in [0.25, 0.3) is 0 Å². The van der Waals surface area contributed by atoms with Gasteiger partial charge in [-0.3, -0.25) is 4.68 Å². The zero-order valence-corrected chi connectivity index (χ0v) is 11.7. The number of anilines is 1. The van der Waals surface area contributed by atoms with Gasteiger partial charge in [-0.15, -0.1) is 0 Å². The average Bonchev–Trinajstić information content (AvgIpc) is 2.77. The van der Waals surface area contributed by atoms with Crippen molar-refractivity contribution in [2.75, 3.05) is 5.73 Å². The second kappa shape index (κ2) is 5.67. The highest BCUT2D eigenvalue weighted by Crippen LogP contribution is 2.33. The molecule has 0 aliphatic heterocycles. The first-order valence-corrected chi connectivity index (χ1v) is 6.43. The zero-order valence-electron chi connectivity index (χ0n) is 11.7. The van der Waals surface area contributed by atoms with Gasteiger partial charge < -0.3 is 10.5 Å². The third-order valence-electron chi connectivity index (χ3n) is 3.09. The number of nitrogens with zero attached hydrogens (tertiary/aromatic N) is 2. The number of nitrogens with two attached hydrogens (primary N) is 1. The lowest BCUT2D eigenvalue weighted by atomic mass is 10.2. The number of halogens is 3. The van der Waals surface area contributed by atoms with Crippen molar-refractivity contribution in [3.63, 3.8) is 0 Å². The van der Waals surface area contributed by atoms with Crippen LogP contribution in [-0.2, 0) is 19.3 Å². The van der Waals surface area contributed by atoms with E-state index in [4.69, 9.17) is 10.5 Å². The summed E-state index contributed by atoms with van der Waals surface area (Å²) in [5.74, 6) is 0.228. The lowest BCUT2D eigenvalue weighted by Crippen LogP contribution is -2.06. The Balaban J connectivity index is 2.11. The van der Waals surface area contributed by atoms with Crippen molar-refractivity contribution < 1.29 is 17.9 Å². The SMILES string of the molecule is CCn1cc(COc2ccc(C(F)(F)F)cc2N)c(C)n1. The standard InChI is InChI=1S/C14H16F3N3O/c1-3-20-7-10(9(2)19-20)8-21-13-5-4-11(6-12(13)18)14(15,16)17/h4-7H,3,8,18H2,1-2H3. The summed E-state index contributed by atoms with van der Waals surface area (Å²) in [4.78, 5) is 0. The molecular weight excluding hydrogens is 283 g/mol. The molecule has 21 heavy (non-hydrogen) atoms. The fourth-order valence-electron chi connectivity index (χ4n) is 1.87. The predicted octanol–water partition coefficient (Wildman–Crippen LogP) is 3.39. The van der Waals surface area contributed by atoms with Crippen molar-refractivity contribution in [3.8, 4) is 5.75 Å². The summed E-state index contributed by atoms with van der Waals surface area (Å²) in [6.07, 6.45) is -2.57. The van der Waals surface area contributed by atoms with E-state index in [2.05, 4.69) is 5.10 Å². The van der Waals surface area contributed by atoms with Crippen LogP contribution in [0.1, 0.15) is 23.7 Å². The first kappa shape index (κ1) is 15.2. The Morgan fingerprint density at radius 3 is 2.57 bits per heavy atom. The van der Waals surface area contributed by atoms with Crippen molar-refractivity contribution in [2.24, 2.45) is 0 Å². The Bertz CT molecular complexity index is 635. The molecule has 7 heteroatoms. The van der Waals surface area contributed by atoms with E-state index in [1.54, 1.807) is 4.68 Å². The van der Waals surface area contributed by atoms with Gasteiger partial charge >= 0.3 is 6.18 Å². The predicted molar refractivity (Wildman–Crippen MR) is 72.8 cm³/mol. The summed E-state index contributed by atoms with van der Waals surface area (Å²) in [5.41, 5.74) is 6.47. The molecular formula is C14H16F3N3O. The molecule has 0 radical (unpaired) electrons. The number of alkyl halides is 3. The molecule has 1 aromatic heterocycles. The van der Waals surface area contributed by atoms with E-state index in [1.165, 1.54) is 6.07 Å². The molecule has 0 unspecified atom stereocenters. The number of aryl methyl sites for hydroxylation is 2. The highest BCUT2D eigenvalue weighted by atomic mass is 19.4. The van der Waals surface area contributed by atoms with Crippen molar-refractivity contribution in [2.45, 2.75) is 33.2 Å².